The third kappa shape index (κ3) is 3.54. The number of carbonyl (C=O) groups excluding carboxylic acids is 1. The number of carbonyl (C=O) groups is 1. The summed E-state index contributed by atoms with van der Waals surface area (Å²) in [6.45, 7) is -0.248. The van der Waals surface area contributed by atoms with Gasteiger partial charge in [-0.15, -0.1) is 11.3 Å². The minimum Gasteiger partial charge on any atom is -0.324 e. The van der Waals surface area contributed by atoms with Crippen LogP contribution in [0.3, 0.4) is 0 Å². The Bertz CT molecular complexity index is 1230. The van der Waals surface area contributed by atoms with E-state index in [1.807, 2.05) is 0 Å². The van der Waals surface area contributed by atoms with Gasteiger partial charge in [0.15, 0.2) is 0 Å². The highest BCUT2D eigenvalue weighted by atomic mass is 32.1. The fraction of sp³-hybridized carbons (Fsp3) is 0.0500. The summed E-state index contributed by atoms with van der Waals surface area (Å²) in [7, 11) is 0. The number of benzene rings is 2. The molecule has 8 heteroatoms. The van der Waals surface area contributed by atoms with Crippen molar-refractivity contribution in [2.45, 2.75) is 6.54 Å². The number of rotatable bonds is 4. The molecule has 140 valence electrons. The van der Waals surface area contributed by atoms with E-state index >= 15 is 0 Å². The Hall–Kier alpha value is -3.39. The van der Waals surface area contributed by atoms with Crippen LogP contribution in [0.1, 0.15) is 0 Å². The number of fused-ring (bicyclic) bond motifs is 1. The number of nitrogens with one attached hydrogen (secondary N) is 1. The van der Waals surface area contributed by atoms with Crippen molar-refractivity contribution in [3.63, 3.8) is 0 Å². The van der Waals surface area contributed by atoms with Crippen LogP contribution in [0.2, 0.25) is 0 Å². The van der Waals surface area contributed by atoms with E-state index < -0.39 is 11.7 Å². The molecule has 0 aliphatic rings. The maximum atomic E-state index is 13.2. The second-order valence-electron chi connectivity index (χ2n) is 6.07. The van der Waals surface area contributed by atoms with E-state index in [1.54, 1.807) is 23.6 Å². The van der Waals surface area contributed by atoms with Crippen molar-refractivity contribution in [3.8, 4) is 11.1 Å². The molecule has 5 nitrogen and oxygen atoms in total. The maximum Gasteiger partial charge on any atom is 0.271 e. The normalized spacial score (nSPS) is 10.9. The highest BCUT2D eigenvalue weighted by Crippen LogP contribution is 2.30. The van der Waals surface area contributed by atoms with Crippen LogP contribution < -0.4 is 10.9 Å². The Balaban J connectivity index is 1.61. The van der Waals surface area contributed by atoms with Crippen LogP contribution >= 0.6 is 11.3 Å². The lowest BCUT2D eigenvalue weighted by Crippen LogP contribution is -2.27. The summed E-state index contributed by atoms with van der Waals surface area (Å²) in [6, 6.07) is 11.4. The van der Waals surface area contributed by atoms with Crippen LogP contribution in [0.25, 0.3) is 21.3 Å². The number of aromatic nitrogens is 2. The summed E-state index contributed by atoms with van der Waals surface area (Å²) < 4.78 is 27.9. The van der Waals surface area contributed by atoms with Crippen LogP contribution in [-0.4, -0.2) is 15.5 Å². The van der Waals surface area contributed by atoms with Gasteiger partial charge in [0.25, 0.3) is 5.56 Å². The molecule has 0 aliphatic heterocycles. The largest absolute Gasteiger partial charge is 0.324 e. The molecular formula is C20H13F2N3O2S. The molecule has 4 aromatic rings. The predicted molar refractivity (Wildman–Crippen MR) is 104 cm³/mol. The van der Waals surface area contributed by atoms with Crippen LogP contribution in [0.4, 0.5) is 14.5 Å². The van der Waals surface area contributed by atoms with Crippen molar-refractivity contribution in [1.82, 2.24) is 9.55 Å². The molecule has 28 heavy (non-hydrogen) atoms. The molecular weight excluding hydrogens is 384 g/mol. The molecule has 2 aromatic carbocycles. The summed E-state index contributed by atoms with van der Waals surface area (Å²) in [5.41, 5.74) is 1.94. The molecule has 0 radical (unpaired) electrons. The smallest absolute Gasteiger partial charge is 0.271 e. The Morgan fingerprint density at radius 2 is 1.89 bits per heavy atom. The standard InChI is InChI=1S/C20H13F2N3O2S/c21-13-6-4-12(5-7-13)16-10-28-19-18(16)23-11-25(20(19)27)9-17(26)24-15-3-1-2-14(22)8-15/h1-8,10-11H,9H2,(H,24,26). The van der Waals surface area contributed by atoms with Gasteiger partial charge in [-0.1, -0.05) is 18.2 Å². The Labute approximate surface area is 161 Å². The second kappa shape index (κ2) is 7.32. The fourth-order valence-electron chi connectivity index (χ4n) is 2.81. The van der Waals surface area contributed by atoms with Crippen LogP contribution in [0, 0.1) is 11.6 Å². The predicted octanol–water partition coefficient (Wildman–Crippen LogP) is 4.04. The van der Waals surface area contributed by atoms with Gasteiger partial charge in [0.1, 0.15) is 22.9 Å². The zero-order chi connectivity index (χ0) is 19.7. The van der Waals surface area contributed by atoms with E-state index in [4.69, 9.17) is 0 Å². The Kier molecular flexibility index (Phi) is 4.70. The monoisotopic (exact) mass is 397 g/mol. The molecule has 1 N–H and O–H groups in total. The maximum absolute atomic E-state index is 13.2. The van der Waals surface area contributed by atoms with Crippen LogP contribution in [0.5, 0.6) is 0 Å². The molecule has 0 saturated carbocycles. The zero-order valence-corrected chi connectivity index (χ0v) is 15.2. The van der Waals surface area contributed by atoms with E-state index in [2.05, 4.69) is 10.3 Å². The molecule has 2 aromatic heterocycles. The quantitative estimate of drug-likeness (QED) is 0.565. The summed E-state index contributed by atoms with van der Waals surface area (Å²) in [4.78, 5) is 29.2. The van der Waals surface area contributed by atoms with Crippen molar-refractivity contribution in [2.75, 3.05) is 5.32 Å². The summed E-state index contributed by atoms with van der Waals surface area (Å²) in [6.07, 6.45) is 1.30. The number of amides is 1. The number of anilines is 1. The van der Waals surface area contributed by atoms with Gasteiger partial charge >= 0.3 is 0 Å². The van der Waals surface area contributed by atoms with E-state index in [9.17, 15) is 18.4 Å². The molecule has 0 bridgehead atoms. The SMILES string of the molecule is O=C(Cn1cnc2c(-c3ccc(F)cc3)csc2c1=O)Nc1cccc(F)c1. The molecule has 0 atom stereocenters. The van der Waals surface area contributed by atoms with E-state index in [0.717, 1.165) is 11.1 Å². The molecule has 0 aliphatic carbocycles. The number of hydrogen-bond acceptors (Lipinski definition) is 4. The average molecular weight is 397 g/mol. The molecule has 1 amide bonds. The van der Waals surface area contributed by atoms with E-state index in [0.29, 0.717) is 15.9 Å². The third-order valence-corrected chi connectivity index (χ3v) is 5.08. The first-order valence-electron chi connectivity index (χ1n) is 8.29. The van der Waals surface area contributed by atoms with Gasteiger partial charge in [-0.2, -0.15) is 0 Å². The van der Waals surface area contributed by atoms with Gasteiger partial charge in [0, 0.05) is 16.6 Å². The van der Waals surface area contributed by atoms with Gasteiger partial charge in [-0.3, -0.25) is 14.2 Å². The van der Waals surface area contributed by atoms with Crippen molar-refractivity contribution in [1.29, 1.82) is 0 Å². The lowest BCUT2D eigenvalue weighted by Gasteiger charge is -2.07. The van der Waals surface area contributed by atoms with Gasteiger partial charge < -0.3 is 5.32 Å². The minimum absolute atomic E-state index is 0.248. The van der Waals surface area contributed by atoms with Gasteiger partial charge in [-0.05, 0) is 35.9 Å². The summed E-state index contributed by atoms with van der Waals surface area (Å²) >= 11 is 1.22. The van der Waals surface area contributed by atoms with Crippen molar-refractivity contribution in [3.05, 3.63) is 82.2 Å². The Morgan fingerprint density at radius 1 is 1.11 bits per heavy atom. The molecule has 0 spiro atoms. The third-order valence-electron chi connectivity index (χ3n) is 4.12. The first-order chi connectivity index (χ1) is 13.5. The van der Waals surface area contributed by atoms with Crippen molar-refractivity contribution in [2.24, 2.45) is 0 Å². The number of hydrogen-bond donors (Lipinski definition) is 1. The second-order valence-corrected chi connectivity index (χ2v) is 6.95. The summed E-state index contributed by atoms with van der Waals surface area (Å²) in [5, 5.41) is 4.33. The lowest BCUT2D eigenvalue weighted by molar-refractivity contribution is -0.116. The summed E-state index contributed by atoms with van der Waals surface area (Å²) in [5.74, 6) is -1.28. The molecule has 0 saturated heterocycles. The highest BCUT2D eigenvalue weighted by Gasteiger charge is 2.14. The first-order valence-corrected chi connectivity index (χ1v) is 9.17. The van der Waals surface area contributed by atoms with E-state index in [1.165, 1.54) is 52.6 Å². The van der Waals surface area contributed by atoms with Crippen LogP contribution in [-0.2, 0) is 11.3 Å². The van der Waals surface area contributed by atoms with E-state index in [-0.39, 0.29) is 17.9 Å². The zero-order valence-electron chi connectivity index (χ0n) is 14.4. The van der Waals surface area contributed by atoms with Crippen molar-refractivity contribution < 1.29 is 13.6 Å². The highest BCUT2D eigenvalue weighted by molar-refractivity contribution is 7.17. The average Bonchev–Trinajstić information content (AvgIpc) is 3.09. The fourth-order valence-corrected chi connectivity index (χ4v) is 3.79. The Morgan fingerprint density at radius 3 is 2.64 bits per heavy atom. The molecule has 0 fully saturated rings. The minimum atomic E-state index is -0.468. The number of thiophene rings is 1. The van der Waals surface area contributed by atoms with Gasteiger partial charge in [0.05, 0.1) is 11.8 Å². The first kappa shape index (κ1) is 18.0. The van der Waals surface area contributed by atoms with Gasteiger partial charge in [0.2, 0.25) is 5.91 Å². The van der Waals surface area contributed by atoms with Crippen molar-refractivity contribution >= 4 is 33.1 Å². The van der Waals surface area contributed by atoms with Gasteiger partial charge in [-0.25, -0.2) is 13.8 Å². The van der Waals surface area contributed by atoms with Crippen LogP contribution in [0.15, 0.2) is 65.0 Å². The number of nitrogens with zero attached hydrogens (tertiary/aromatic N) is 2. The lowest BCUT2D eigenvalue weighted by atomic mass is 10.1. The molecule has 0 unspecified atom stereocenters. The molecule has 2 heterocycles. The topological polar surface area (TPSA) is 64.0 Å². The molecule has 4 rings (SSSR count). The number of halogens is 2.